The average molecular weight is 307 g/mol. The van der Waals surface area contributed by atoms with Crippen LogP contribution in [0.4, 0.5) is 0 Å². The van der Waals surface area contributed by atoms with Gasteiger partial charge in [0.25, 0.3) is 0 Å². The van der Waals surface area contributed by atoms with Crippen molar-refractivity contribution in [3.8, 4) is 0 Å². The zero-order valence-corrected chi connectivity index (χ0v) is 14.9. The Bertz CT molecular complexity index is 439. The lowest BCUT2D eigenvalue weighted by Crippen LogP contribution is -2.34. The number of unbranched alkanes of at least 4 members (excludes halogenated alkanes) is 1. The molecule has 0 bridgehead atoms. The quantitative estimate of drug-likeness (QED) is 0.687. The molecule has 1 atom stereocenters. The number of likely N-dealkylation sites (tertiary alicyclic amines) is 1. The van der Waals surface area contributed by atoms with Crippen LogP contribution in [0.5, 0.6) is 0 Å². The highest BCUT2D eigenvalue weighted by atomic mass is 32.2. The number of hydrogen-bond donors (Lipinski definition) is 0. The van der Waals surface area contributed by atoms with Crippen LogP contribution in [0, 0.1) is 0 Å². The van der Waals surface area contributed by atoms with E-state index in [2.05, 4.69) is 44.7 Å². The van der Waals surface area contributed by atoms with E-state index in [1.54, 1.807) is 0 Å². The normalized spacial score (nSPS) is 20.7. The minimum atomic E-state index is 0.214. The second kappa shape index (κ2) is 7.64. The number of rotatable bonds is 5. The van der Waals surface area contributed by atoms with Crippen molar-refractivity contribution in [1.82, 2.24) is 9.88 Å². The number of nitrogens with zero attached hydrogens (tertiary/aromatic N) is 2. The average Bonchev–Trinajstić information content (AvgIpc) is 2.44. The molecular weight excluding hydrogens is 276 g/mol. The van der Waals surface area contributed by atoms with Gasteiger partial charge in [-0.05, 0) is 38.4 Å². The molecule has 1 saturated heterocycles. The fourth-order valence-electron chi connectivity index (χ4n) is 3.00. The van der Waals surface area contributed by atoms with E-state index in [1.807, 2.05) is 18.0 Å². The molecule has 1 aromatic heterocycles. The molecule has 0 aliphatic carbocycles. The van der Waals surface area contributed by atoms with Crippen LogP contribution in [-0.2, 0) is 0 Å². The minimum Gasteiger partial charge on any atom is -0.296 e. The van der Waals surface area contributed by atoms with E-state index in [0.29, 0.717) is 6.04 Å². The Hall–Kier alpha value is -0.540. The molecule has 2 nitrogen and oxygen atoms in total. The molecule has 3 heteroatoms. The number of hydrogen-bond acceptors (Lipinski definition) is 3. The van der Waals surface area contributed by atoms with Crippen molar-refractivity contribution in [2.24, 2.45) is 0 Å². The van der Waals surface area contributed by atoms with Crippen molar-refractivity contribution in [3.05, 3.63) is 23.9 Å². The second-order valence-corrected chi connectivity index (χ2v) is 8.83. The molecular formula is C18H30N2S. The molecule has 0 radical (unpaired) electrons. The number of pyridine rings is 1. The Morgan fingerprint density at radius 1 is 1.33 bits per heavy atom. The van der Waals surface area contributed by atoms with Crippen molar-refractivity contribution in [3.63, 3.8) is 0 Å². The largest absolute Gasteiger partial charge is 0.296 e. The number of thioether (sulfide) groups is 1. The molecule has 2 rings (SSSR count). The van der Waals surface area contributed by atoms with Crippen molar-refractivity contribution in [2.75, 3.05) is 13.1 Å². The van der Waals surface area contributed by atoms with Crippen LogP contribution in [0.1, 0.15) is 71.4 Å². The Morgan fingerprint density at radius 2 is 2.14 bits per heavy atom. The lowest BCUT2D eigenvalue weighted by Gasteiger charge is -2.37. The van der Waals surface area contributed by atoms with Gasteiger partial charge in [0, 0.05) is 22.5 Å². The van der Waals surface area contributed by atoms with Gasteiger partial charge in [-0.2, -0.15) is 0 Å². The summed E-state index contributed by atoms with van der Waals surface area (Å²) in [5.41, 5.74) is 1.45. The maximum absolute atomic E-state index is 4.69. The zero-order valence-electron chi connectivity index (χ0n) is 14.1. The molecule has 0 spiro atoms. The fourth-order valence-corrected chi connectivity index (χ4v) is 4.02. The molecule has 1 fully saturated rings. The molecule has 118 valence electrons. The first-order valence-electron chi connectivity index (χ1n) is 8.39. The highest BCUT2D eigenvalue weighted by molar-refractivity contribution is 8.00. The predicted molar refractivity (Wildman–Crippen MR) is 92.9 cm³/mol. The molecule has 1 unspecified atom stereocenters. The SMILES string of the molecule is CCCCN1CCCCC1c1cccnc1SC(C)(C)C. The van der Waals surface area contributed by atoms with Gasteiger partial charge in [0.05, 0.1) is 0 Å². The summed E-state index contributed by atoms with van der Waals surface area (Å²) in [5.74, 6) is 0. The Kier molecular flexibility index (Phi) is 6.12. The van der Waals surface area contributed by atoms with E-state index < -0.39 is 0 Å². The highest BCUT2D eigenvalue weighted by Gasteiger charge is 2.27. The third-order valence-electron chi connectivity index (χ3n) is 3.97. The molecule has 2 heterocycles. The van der Waals surface area contributed by atoms with E-state index in [0.717, 1.165) is 0 Å². The summed E-state index contributed by atoms with van der Waals surface area (Å²) in [7, 11) is 0. The molecule has 0 saturated carbocycles. The Morgan fingerprint density at radius 3 is 2.86 bits per heavy atom. The van der Waals surface area contributed by atoms with Crippen LogP contribution in [0.2, 0.25) is 0 Å². The molecule has 21 heavy (non-hydrogen) atoms. The van der Waals surface area contributed by atoms with Crippen molar-refractivity contribution in [1.29, 1.82) is 0 Å². The van der Waals surface area contributed by atoms with Gasteiger partial charge in [-0.1, -0.05) is 46.6 Å². The van der Waals surface area contributed by atoms with Gasteiger partial charge in [0.15, 0.2) is 0 Å². The van der Waals surface area contributed by atoms with Crippen molar-refractivity contribution >= 4 is 11.8 Å². The maximum atomic E-state index is 4.69. The molecule has 0 N–H and O–H groups in total. The van der Waals surface area contributed by atoms with E-state index >= 15 is 0 Å². The standard InChI is InChI=1S/C18H30N2S/c1-5-6-13-20-14-8-7-11-16(20)15-10-9-12-19-17(15)21-18(2,3)4/h9-10,12,16H,5-8,11,13-14H2,1-4H3. The first-order chi connectivity index (χ1) is 10.0. The number of aromatic nitrogens is 1. The Balaban J connectivity index is 2.21. The van der Waals surface area contributed by atoms with Gasteiger partial charge >= 0.3 is 0 Å². The van der Waals surface area contributed by atoms with Gasteiger partial charge in [-0.15, -0.1) is 11.8 Å². The van der Waals surface area contributed by atoms with Crippen LogP contribution < -0.4 is 0 Å². The van der Waals surface area contributed by atoms with Gasteiger partial charge in [-0.3, -0.25) is 4.90 Å². The van der Waals surface area contributed by atoms with Crippen LogP contribution in [0.25, 0.3) is 0 Å². The second-order valence-electron chi connectivity index (χ2n) is 7.01. The maximum Gasteiger partial charge on any atom is 0.101 e. The van der Waals surface area contributed by atoms with Gasteiger partial charge < -0.3 is 0 Å². The van der Waals surface area contributed by atoms with Crippen LogP contribution >= 0.6 is 11.8 Å². The van der Waals surface area contributed by atoms with E-state index in [-0.39, 0.29) is 4.75 Å². The highest BCUT2D eigenvalue weighted by Crippen LogP contribution is 2.39. The first kappa shape index (κ1) is 16.8. The monoisotopic (exact) mass is 306 g/mol. The van der Waals surface area contributed by atoms with Crippen LogP contribution in [0.15, 0.2) is 23.4 Å². The van der Waals surface area contributed by atoms with E-state index in [9.17, 15) is 0 Å². The summed E-state index contributed by atoms with van der Waals surface area (Å²) in [6, 6.07) is 4.98. The smallest absolute Gasteiger partial charge is 0.101 e. The summed E-state index contributed by atoms with van der Waals surface area (Å²) >= 11 is 1.91. The summed E-state index contributed by atoms with van der Waals surface area (Å²) in [6.45, 7) is 11.6. The number of piperidine rings is 1. The molecule has 1 aliphatic rings. The van der Waals surface area contributed by atoms with E-state index in [4.69, 9.17) is 4.98 Å². The molecule has 1 aliphatic heterocycles. The van der Waals surface area contributed by atoms with Gasteiger partial charge in [0.2, 0.25) is 0 Å². The minimum absolute atomic E-state index is 0.214. The fraction of sp³-hybridized carbons (Fsp3) is 0.722. The first-order valence-corrected chi connectivity index (χ1v) is 9.21. The summed E-state index contributed by atoms with van der Waals surface area (Å²) in [4.78, 5) is 7.38. The lowest BCUT2D eigenvalue weighted by atomic mass is 9.96. The molecule has 0 aromatic carbocycles. The summed E-state index contributed by atoms with van der Waals surface area (Å²) in [5, 5.41) is 1.23. The van der Waals surface area contributed by atoms with Gasteiger partial charge in [0.1, 0.15) is 5.03 Å². The van der Waals surface area contributed by atoms with Crippen LogP contribution in [-0.4, -0.2) is 27.7 Å². The van der Waals surface area contributed by atoms with Crippen molar-refractivity contribution in [2.45, 2.75) is 75.6 Å². The Labute approximate surface area is 134 Å². The summed E-state index contributed by atoms with van der Waals surface area (Å²) in [6.07, 6.45) is 8.51. The third-order valence-corrected chi connectivity index (χ3v) is 5.12. The molecule has 0 amide bonds. The van der Waals surface area contributed by atoms with Gasteiger partial charge in [-0.25, -0.2) is 4.98 Å². The third kappa shape index (κ3) is 5.00. The van der Waals surface area contributed by atoms with E-state index in [1.165, 1.54) is 55.8 Å². The topological polar surface area (TPSA) is 16.1 Å². The van der Waals surface area contributed by atoms with Crippen LogP contribution in [0.3, 0.4) is 0 Å². The summed E-state index contributed by atoms with van der Waals surface area (Å²) < 4.78 is 0.214. The zero-order chi connectivity index (χ0) is 15.3. The van der Waals surface area contributed by atoms with Crippen molar-refractivity contribution < 1.29 is 0 Å². The lowest BCUT2D eigenvalue weighted by molar-refractivity contribution is 0.144. The predicted octanol–water partition coefficient (Wildman–Crippen LogP) is 5.30. The molecule has 1 aromatic rings.